The number of carbonyl (C=O) groups excluding carboxylic acids is 1. The number of nitrogens with one attached hydrogen (secondary N) is 3. The van der Waals surface area contributed by atoms with Crippen molar-refractivity contribution in [1.29, 1.82) is 0 Å². The number of H-pyrrole nitrogens is 1. The van der Waals surface area contributed by atoms with Gasteiger partial charge in [0, 0.05) is 83.4 Å². The lowest BCUT2D eigenvalue weighted by Crippen LogP contribution is -2.43. The van der Waals surface area contributed by atoms with Crippen LogP contribution in [0.15, 0.2) is 47.5 Å². The minimum Gasteiger partial charge on any atom is -0.351 e. The Balaban J connectivity index is 1.36. The molecular formula is C31H36N6O2. The molecular weight excluding hydrogens is 488 g/mol. The van der Waals surface area contributed by atoms with Crippen molar-refractivity contribution in [2.45, 2.75) is 65.7 Å². The standard InChI is InChI=1S/C31H36N6O2/c1-17(2)36-15-19(4)29-25(30(38)34-14-26-18(3)8-20(5)35-31(26)39)9-22(10-27(29)36)21-6-7-28(33-12-21)37-16-23-11-24(37)13-32-23/h6-10,12,15,17,23-24,32H,11,13-14,16H2,1-5H3,(H,34,38)(H,35,39)/t23-,24-/m1/s1. The van der Waals surface area contributed by atoms with Gasteiger partial charge in [0.2, 0.25) is 0 Å². The van der Waals surface area contributed by atoms with Crippen LogP contribution in [-0.2, 0) is 6.54 Å². The van der Waals surface area contributed by atoms with E-state index in [2.05, 4.69) is 63.3 Å². The summed E-state index contributed by atoms with van der Waals surface area (Å²) >= 11 is 0. The Kier molecular flexibility index (Phi) is 6.30. The molecule has 2 aliphatic rings. The van der Waals surface area contributed by atoms with E-state index in [4.69, 9.17) is 4.98 Å². The predicted octanol–water partition coefficient (Wildman–Crippen LogP) is 4.38. The fourth-order valence-electron chi connectivity index (χ4n) is 6.29. The number of anilines is 1. The van der Waals surface area contributed by atoms with E-state index >= 15 is 0 Å². The first kappa shape index (κ1) is 25.4. The van der Waals surface area contributed by atoms with Crippen LogP contribution in [0.2, 0.25) is 0 Å². The molecule has 0 spiro atoms. The second-order valence-electron chi connectivity index (χ2n) is 11.4. The Labute approximate surface area is 228 Å². The molecule has 3 N–H and O–H groups in total. The molecule has 8 nitrogen and oxygen atoms in total. The number of nitrogens with zero attached hydrogens (tertiary/aromatic N) is 3. The number of aromatic amines is 1. The SMILES string of the molecule is Cc1cc(C)c(CNC(=O)c2cc(-c3ccc(N4C[C@H]5C[C@@H]4CN5)nc3)cc3c2c(C)cn3C(C)C)c(=O)[nH]1. The summed E-state index contributed by atoms with van der Waals surface area (Å²) in [4.78, 5) is 36.3. The summed E-state index contributed by atoms with van der Waals surface area (Å²) < 4.78 is 2.22. The largest absolute Gasteiger partial charge is 0.351 e. The first-order valence-electron chi connectivity index (χ1n) is 13.8. The highest BCUT2D eigenvalue weighted by Crippen LogP contribution is 2.34. The third-order valence-electron chi connectivity index (χ3n) is 8.28. The molecule has 0 saturated carbocycles. The van der Waals surface area contributed by atoms with E-state index in [0.717, 1.165) is 57.8 Å². The highest BCUT2D eigenvalue weighted by Gasteiger charge is 2.38. The molecule has 2 fully saturated rings. The molecule has 1 amide bonds. The third-order valence-corrected chi connectivity index (χ3v) is 8.28. The number of pyridine rings is 2. The molecule has 2 bridgehead atoms. The highest BCUT2D eigenvalue weighted by atomic mass is 16.1. The molecule has 4 aromatic rings. The number of aromatic nitrogens is 3. The zero-order valence-corrected chi connectivity index (χ0v) is 23.3. The summed E-state index contributed by atoms with van der Waals surface area (Å²) in [6.45, 7) is 12.3. The Bertz CT molecular complexity index is 1630. The normalized spacial score (nSPS) is 18.5. The molecule has 1 aromatic carbocycles. The number of rotatable bonds is 6. The van der Waals surface area contributed by atoms with Gasteiger partial charge in [0.1, 0.15) is 5.82 Å². The molecule has 8 heteroatoms. The molecule has 0 aliphatic carbocycles. The van der Waals surface area contributed by atoms with Crippen LogP contribution in [0.1, 0.15) is 59.1 Å². The van der Waals surface area contributed by atoms with Crippen molar-refractivity contribution in [3.8, 4) is 11.1 Å². The van der Waals surface area contributed by atoms with Crippen molar-refractivity contribution in [3.05, 3.63) is 81.0 Å². The third kappa shape index (κ3) is 4.52. The zero-order chi connectivity index (χ0) is 27.4. The van der Waals surface area contributed by atoms with Crippen LogP contribution in [0, 0.1) is 20.8 Å². The molecule has 2 saturated heterocycles. The van der Waals surface area contributed by atoms with Crippen molar-refractivity contribution in [2.75, 3.05) is 18.0 Å². The van der Waals surface area contributed by atoms with Gasteiger partial charge >= 0.3 is 0 Å². The number of benzene rings is 1. The van der Waals surface area contributed by atoms with Gasteiger partial charge in [-0.15, -0.1) is 0 Å². The molecule has 3 aromatic heterocycles. The van der Waals surface area contributed by atoms with Gasteiger partial charge in [-0.25, -0.2) is 4.98 Å². The van der Waals surface area contributed by atoms with Crippen LogP contribution < -0.4 is 21.1 Å². The molecule has 0 radical (unpaired) electrons. The first-order chi connectivity index (χ1) is 18.7. The van der Waals surface area contributed by atoms with Gasteiger partial charge in [0.25, 0.3) is 11.5 Å². The van der Waals surface area contributed by atoms with Gasteiger partial charge in [-0.3, -0.25) is 9.59 Å². The summed E-state index contributed by atoms with van der Waals surface area (Å²) in [7, 11) is 0. The summed E-state index contributed by atoms with van der Waals surface area (Å²) in [5.74, 6) is 0.808. The average molecular weight is 525 g/mol. The summed E-state index contributed by atoms with van der Waals surface area (Å²) in [6, 6.07) is 11.6. The topological polar surface area (TPSA) is 95.1 Å². The van der Waals surface area contributed by atoms with Crippen molar-refractivity contribution >= 4 is 22.6 Å². The first-order valence-corrected chi connectivity index (χ1v) is 13.8. The molecule has 39 heavy (non-hydrogen) atoms. The predicted molar refractivity (Wildman–Crippen MR) is 156 cm³/mol. The molecule has 0 unspecified atom stereocenters. The maximum atomic E-state index is 13.7. The Morgan fingerprint density at radius 1 is 1.13 bits per heavy atom. The molecule has 6 rings (SSSR count). The zero-order valence-electron chi connectivity index (χ0n) is 23.3. The van der Waals surface area contributed by atoms with Crippen LogP contribution in [0.25, 0.3) is 22.0 Å². The monoisotopic (exact) mass is 524 g/mol. The van der Waals surface area contributed by atoms with E-state index in [1.165, 1.54) is 6.42 Å². The van der Waals surface area contributed by atoms with Crippen LogP contribution in [0.5, 0.6) is 0 Å². The number of hydrogen-bond donors (Lipinski definition) is 3. The van der Waals surface area contributed by atoms with E-state index < -0.39 is 0 Å². The quantitative estimate of drug-likeness (QED) is 0.348. The summed E-state index contributed by atoms with van der Waals surface area (Å²) in [6.07, 6.45) is 5.21. The molecule has 202 valence electrons. The lowest BCUT2D eigenvalue weighted by atomic mass is 9.98. The average Bonchev–Trinajstić information content (AvgIpc) is 3.62. The Hall–Kier alpha value is -3.91. The van der Waals surface area contributed by atoms with Crippen molar-refractivity contribution in [2.24, 2.45) is 0 Å². The van der Waals surface area contributed by atoms with E-state index in [1.807, 2.05) is 39.1 Å². The second kappa shape index (κ2) is 9.68. The van der Waals surface area contributed by atoms with Crippen LogP contribution in [0.3, 0.4) is 0 Å². The van der Waals surface area contributed by atoms with Crippen LogP contribution in [-0.4, -0.2) is 45.6 Å². The van der Waals surface area contributed by atoms with E-state index in [0.29, 0.717) is 23.2 Å². The number of aryl methyl sites for hydroxylation is 3. The fourth-order valence-corrected chi connectivity index (χ4v) is 6.29. The highest BCUT2D eigenvalue weighted by molar-refractivity contribution is 6.09. The van der Waals surface area contributed by atoms with Crippen LogP contribution >= 0.6 is 0 Å². The van der Waals surface area contributed by atoms with Gasteiger partial charge in [-0.05, 0) is 88.1 Å². The number of hydrogen-bond acceptors (Lipinski definition) is 5. The number of fused-ring (bicyclic) bond motifs is 3. The number of amides is 1. The minimum absolute atomic E-state index is 0.165. The summed E-state index contributed by atoms with van der Waals surface area (Å²) in [5.41, 5.74) is 6.66. The van der Waals surface area contributed by atoms with E-state index in [1.54, 1.807) is 0 Å². The Morgan fingerprint density at radius 2 is 1.95 bits per heavy atom. The molecule has 2 atom stereocenters. The minimum atomic E-state index is -0.198. The smallest absolute Gasteiger partial charge is 0.253 e. The van der Waals surface area contributed by atoms with Gasteiger partial charge < -0.3 is 25.1 Å². The second-order valence-corrected chi connectivity index (χ2v) is 11.4. The van der Waals surface area contributed by atoms with Crippen LogP contribution in [0.4, 0.5) is 5.82 Å². The van der Waals surface area contributed by atoms with Gasteiger partial charge in [0.05, 0.1) is 0 Å². The number of carbonyl (C=O) groups is 1. The van der Waals surface area contributed by atoms with Gasteiger partial charge in [-0.1, -0.05) is 0 Å². The van der Waals surface area contributed by atoms with Crippen molar-refractivity contribution < 1.29 is 4.79 Å². The summed E-state index contributed by atoms with van der Waals surface area (Å²) in [5, 5.41) is 7.50. The lowest BCUT2D eigenvalue weighted by Gasteiger charge is -2.28. The van der Waals surface area contributed by atoms with Gasteiger partial charge in [-0.2, -0.15) is 0 Å². The maximum absolute atomic E-state index is 13.7. The Morgan fingerprint density at radius 3 is 2.59 bits per heavy atom. The lowest BCUT2D eigenvalue weighted by molar-refractivity contribution is 0.0952. The molecule has 2 aliphatic heterocycles. The van der Waals surface area contributed by atoms with Crippen molar-refractivity contribution in [1.82, 2.24) is 25.2 Å². The van der Waals surface area contributed by atoms with Crippen molar-refractivity contribution in [3.63, 3.8) is 0 Å². The van der Waals surface area contributed by atoms with E-state index in [9.17, 15) is 9.59 Å². The maximum Gasteiger partial charge on any atom is 0.253 e. The van der Waals surface area contributed by atoms with E-state index in [-0.39, 0.29) is 24.1 Å². The number of piperazine rings is 1. The molecule has 5 heterocycles. The van der Waals surface area contributed by atoms with Gasteiger partial charge in [0.15, 0.2) is 0 Å². The fraction of sp³-hybridized carbons (Fsp3) is 0.387.